The fourth-order valence-electron chi connectivity index (χ4n) is 2.58. The number of hydrogen-bond acceptors (Lipinski definition) is 3. The van der Waals surface area contributed by atoms with Gasteiger partial charge in [-0.2, -0.15) is 0 Å². The molecule has 114 valence electrons. The molecule has 0 radical (unpaired) electrons. The van der Waals surface area contributed by atoms with Crippen molar-refractivity contribution in [2.24, 2.45) is 5.41 Å². The lowest BCUT2D eigenvalue weighted by Crippen LogP contribution is -2.47. The van der Waals surface area contributed by atoms with E-state index in [9.17, 15) is 9.59 Å². The molecule has 2 heterocycles. The molecule has 1 aromatic heterocycles. The number of carbonyl (C=O) groups excluding carboxylic acids is 1. The Morgan fingerprint density at radius 3 is 2.90 bits per heavy atom. The second-order valence-corrected chi connectivity index (χ2v) is 6.19. The molecule has 6 nitrogen and oxygen atoms in total. The summed E-state index contributed by atoms with van der Waals surface area (Å²) in [5.74, 6) is -0.997. The predicted octanol–water partition coefficient (Wildman–Crippen LogP) is 2.11. The van der Waals surface area contributed by atoms with Gasteiger partial charge in [0.1, 0.15) is 0 Å². The van der Waals surface area contributed by atoms with Crippen LogP contribution in [-0.2, 0) is 6.54 Å². The molecule has 1 fully saturated rings. The molecule has 21 heavy (non-hydrogen) atoms. The minimum atomic E-state index is -0.997. The first-order valence-corrected chi connectivity index (χ1v) is 7.08. The monoisotopic (exact) mass is 291 g/mol. The summed E-state index contributed by atoms with van der Waals surface area (Å²) in [5.41, 5.74) is 0.865. The predicted molar refractivity (Wildman–Crippen MR) is 78.0 cm³/mol. The number of pyridine rings is 1. The quantitative estimate of drug-likeness (QED) is 0.893. The van der Waals surface area contributed by atoms with Crippen LogP contribution in [0.3, 0.4) is 0 Å². The van der Waals surface area contributed by atoms with Gasteiger partial charge in [0.25, 0.3) is 0 Å². The SMILES string of the molecule is CC1(C)CCCN(C(=O)NCc2cc(C(=O)O)ccn2)C1. The van der Waals surface area contributed by atoms with Crippen LogP contribution in [0, 0.1) is 5.41 Å². The smallest absolute Gasteiger partial charge is 0.335 e. The number of carbonyl (C=O) groups is 2. The highest BCUT2D eigenvalue weighted by Gasteiger charge is 2.28. The van der Waals surface area contributed by atoms with Crippen LogP contribution >= 0.6 is 0 Å². The zero-order valence-electron chi connectivity index (χ0n) is 12.4. The number of aromatic nitrogens is 1. The number of amides is 2. The number of carboxylic acids is 1. The molecule has 1 aliphatic heterocycles. The fraction of sp³-hybridized carbons (Fsp3) is 0.533. The molecule has 0 aromatic carbocycles. The van der Waals surface area contributed by atoms with Crippen molar-refractivity contribution in [1.82, 2.24) is 15.2 Å². The maximum absolute atomic E-state index is 12.1. The molecule has 2 rings (SSSR count). The van der Waals surface area contributed by atoms with Crippen molar-refractivity contribution < 1.29 is 14.7 Å². The minimum absolute atomic E-state index is 0.120. The number of nitrogens with one attached hydrogen (secondary N) is 1. The molecule has 2 amide bonds. The van der Waals surface area contributed by atoms with Crippen molar-refractivity contribution >= 4 is 12.0 Å². The highest BCUT2D eigenvalue weighted by Crippen LogP contribution is 2.28. The number of piperidine rings is 1. The Labute approximate surface area is 124 Å². The average Bonchev–Trinajstić information content (AvgIpc) is 2.44. The van der Waals surface area contributed by atoms with Gasteiger partial charge < -0.3 is 15.3 Å². The first kappa shape index (κ1) is 15.3. The summed E-state index contributed by atoms with van der Waals surface area (Å²) in [7, 11) is 0. The normalized spacial score (nSPS) is 17.3. The topological polar surface area (TPSA) is 82.5 Å². The van der Waals surface area contributed by atoms with E-state index in [1.807, 2.05) is 4.90 Å². The number of rotatable bonds is 3. The summed E-state index contributed by atoms with van der Waals surface area (Å²) in [6.45, 7) is 6.05. The van der Waals surface area contributed by atoms with Crippen molar-refractivity contribution in [1.29, 1.82) is 0 Å². The number of urea groups is 1. The van der Waals surface area contributed by atoms with Gasteiger partial charge in [-0.1, -0.05) is 13.8 Å². The van der Waals surface area contributed by atoms with Gasteiger partial charge in [0, 0.05) is 19.3 Å². The van der Waals surface area contributed by atoms with E-state index in [4.69, 9.17) is 5.11 Å². The number of nitrogens with zero attached hydrogens (tertiary/aromatic N) is 2. The second-order valence-electron chi connectivity index (χ2n) is 6.19. The molecular weight excluding hydrogens is 270 g/mol. The number of likely N-dealkylation sites (tertiary alicyclic amines) is 1. The molecule has 0 unspecified atom stereocenters. The number of carboxylic acid groups (broad SMARTS) is 1. The lowest BCUT2D eigenvalue weighted by Gasteiger charge is -2.37. The van der Waals surface area contributed by atoms with Crippen LogP contribution in [-0.4, -0.2) is 40.1 Å². The summed E-state index contributed by atoms with van der Waals surface area (Å²) in [4.78, 5) is 28.9. The van der Waals surface area contributed by atoms with Crippen LogP contribution in [0.4, 0.5) is 4.79 Å². The number of aromatic carboxylic acids is 1. The van der Waals surface area contributed by atoms with Gasteiger partial charge >= 0.3 is 12.0 Å². The summed E-state index contributed by atoms with van der Waals surface area (Å²) in [6.07, 6.45) is 3.57. The minimum Gasteiger partial charge on any atom is -0.478 e. The van der Waals surface area contributed by atoms with E-state index in [1.54, 1.807) is 0 Å². The molecule has 6 heteroatoms. The van der Waals surface area contributed by atoms with Crippen LogP contribution in [0.15, 0.2) is 18.3 Å². The van der Waals surface area contributed by atoms with Crippen LogP contribution < -0.4 is 5.32 Å². The van der Waals surface area contributed by atoms with Crippen LogP contribution in [0.2, 0.25) is 0 Å². The zero-order chi connectivity index (χ0) is 15.5. The maximum Gasteiger partial charge on any atom is 0.335 e. The van der Waals surface area contributed by atoms with E-state index >= 15 is 0 Å². The molecule has 2 N–H and O–H groups in total. The summed E-state index contributed by atoms with van der Waals surface area (Å²) < 4.78 is 0. The third-order valence-electron chi connectivity index (χ3n) is 3.67. The Morgan fingerprint density at radius 1 is 1.48 bits per heavy atom. The Hall–Kier alpha value is -2.11. The molecule has 1 aromatic rings. The molecule has 0 atom stereocenters. The molecule has 0 spiro atoms. The van der Waals surface area contributed by atoms with E-state index < -0.39 is 5.97 Å². The average molecular weight is 291 g/mol. The fourth-order valence-corrected chi connectivity index (χ4v) is 2.58. The van der Waals surface area contributed by atoms with Gasteiger partial charge in [-0.3, -0.25) is 4.98 Å². The third-order valence-corrected chi connectivity index (χ3v) is 3.67. The van der Waals surface area contributed by atoms with Gasteiger partial charge in [0.2, 0.25) is 0 Å². The standard InChI is InChI=1S/C15H21N3O3/c1-15(2)5-3-7-18(10-15)14(21)17-9-12-8-11(13(19)20)4-6-16-12/h4,6,8H,3,5,7,9-10H2,1-2H3,(H,17,21)(H,19,20). The lowest BCUT2D eigenvalue weighted by atomic mass is 9.84. The van der Waals surface area contributed by atoms with Crippen molar-refractivity contribution in [3.05, 3.63) is 29.6 Å². The Kier molecular flexibility index (Phi) is 4.45. The van der Waals surface area contributed by atoms with Gasteiger partial charge in [0.05, 0.1) is 17.8 Å². The van der Waals surface area contributed by atoms with Gasteiger partial charge in [-0.05, 0) is 30.4 Å². The van der Waals surface area contributed by atoms with Crippen molar-refractivity contribution in [2.45, 2.75) is 33.2 Å². The highest BCUT2D eigenvalue weighted by molar-refractivity contribution is 5.87. The summed E-state index contributed by atoms with van der Waals surface area (Å²) in [6, 6.07) is 2.79. The van der Waals surface area contributed by atoms with Crippen molar-refractivity contribution in [3.63, 3.8) is 0 Å². The van der Waals surface area contributed by atoms with Crippen LogP contribution in [0.5, 0.6) is 0 Å². The van der Waals surface area contributed by atoms with Gasteiger partial charge in [-0.25, -0.2) is 9.59 Å². The highest BCUT2D eigenvalue weighted by atomic mass is 16.4. The van der Waals surface area contributed by atoms with Crippen LogP contribution in [0.25, 0.3) is 0 Å². The van der Waals surface area contributed by atoms with Crippen molar-refractivity contribution in [3.8, 4) is 0 Å². The molecule has 0 aliphatic carbocycles. The van der Waals surface area contributed by atoms with E-state index in [-0.39, 0.29) is 23.6 Å². The van der Waals surface area contributed by atoms with E-state index in [0.717, 1.165) is 25.9 Å². The largest absolute Gasteiger partial charge is 0.478 e. The Morgan fingerprint density at radius 2 is 2.24 bits per heavy atom. The second kappa shape index (κ2) is 6.11. The van der Waals surface area contributed by atoms with E-state index in [2.05, 4.69) is 24.1 Å². The van der Waals surface area contributed by atoms with Crippen LogP contribution in [0.1, 0.15) is 42.7 Å². The molecule has 1 aliphatic rings. The summed E-state index contributed by atoms with van der Waals surface area (Å²) in [5, 5.41) is 11.7. The molecule has 0 bridgehead atoms. The van der Waals surface area contributed by atoms with Gasteiger partial charge in [0.15, 0.2) is 0 Å². The first-order chi connectivity index (χ1) is 9.87. The lowest BCUT2D eigenvalue weighted by molar-refractivity contribution is 0.0696. The van der Waals surface area contributed by atoms with Crippen molar-refractivity contribution in [2.75, 3.05) is 13.1 Å². The first-order valence-electron chi connectivity index (χ1n) is 7.08. The Balaban J connectivity index is 1.92. The Bertz CT molecular complexity index is 543. The molecule has 1 saturated heterocycles. The summed E-state index contributed by atoms with van der Waals surface area (Å²) >= 11 is 0. The van der Waals surface area contributed by atoms with E-state index in [0.29, 0.717) is 5.69 Å². The zero-order valence-corrected chi connectivity index (χ0v) is 12.4. The maximum atomic E-state index is 12.1. The molecular formula is C15H21N3O3. The molecule has 0 saturated carbocycles. The third kappa shape index (κ3) is 4.18. The van der Waals surface area contributed by atoms with Gasteiger partial charge in [-0.15, -0.1) is 0 Å². The number of hydrogen-bond donors (Lipinski definition) is 2. The van der Waals surface area contributed by atoms with E-state index in [1.165, 1.54) is 18.3 Å².